The monoisotopic (exact) mass is 258 g/mol. The fourth-order valence-corrected chi connectivity index (χ4v) is 1.71. The molecule has 0 aromatic heterocycles. The second kappa shape index (κ2) is 5.91. The maximum absolute atomic E-state index is 10.9. The molecule has 2 aromatic rings. The summed E-state index contributed by atoms with van der Waals surface area (Å²) in [6.07, 6.45) is -0.194. The average Bonchev–Trinajstić information content (AvgIpc) is 2.43. The first-order valence-electron chi connectivity index (χ1n) is 5.80. The van der Waals surface area contributed by atoms with E-state index < -0.39 is 6.16 Å². The molecule has 19 heavy (non-hydrogen) atoms. The molecule has 0 aliphatic rings. The van der Waals surface area contributed by atoms with Crippen LogP contribution < -0.4 is 4.74 Å². The van der Waals surface area contributed by atoms with Crippen LogP contribution in [-0.4, -0.2) is 18.4 Å². The Morgan fingerprint density at radius 2 is 1.89 bits per heavy atom. The molecule has 0 saturated carbocycles. The molecule has 1 N–H and O–H groups in total. The Hall–Kier alpha value is -2.49. The van der Waals surface area contributed by atoms with Crippen LogP contribution in [0.15, 0.2) is 48.5 Å². The van der Waals surface area contributed by atoms with E-state index in [2.05, 4.69) is 4.74 Å². The Morgan fingerprint density at radius 3 is 2.53 bits per heavy atom. The molecule has 4 nitrogen and oxygen atoms in total. The van der Waals surface area contributed by atoms with Crippen LogP contribution in [0.2, 0.25) is 0 Å². The number of methoxy groups -OCH3 is 1. The highest BCUT2D eigenvalue weighted by Crippen LogP contribution is 2.26. The van der Waals surface area contributed by atoms with Crippen molar-refractivity contribution in [2.45, 2.75) is 6.42 Å². The first-order chi connectivity index (χ1) is 9.19. The van der Waals surface area contributed by atoms with Gasteiger partial charge >= 0.3 is 6.16 Å². The molecule has 0 atom stereocenters. The van der Waals surface area contributed by atoms with Crippen molar-refractivity contribution in [2.24, 2.45) is 0 Å². The fourth-order valence-electron chi connectivity index (χ4n) is 1.71. The van der Waals surface area contributed by atoms with Gasteiger partial charge in [-0.15, -0.1) is 0 Å². The van der Waals surface area contributed by atoms with E-state index in [0.29, 0.717) is 6.42 Å². The van der Waals surface area contributed by atoms with Crippen LogP contribution >= 0.6 is 0 Å². The first kappa shape index (κ1) is 13.0. The molecule has 0 aliphatic heterocycles. The molecule has 0 fully saturated rings. The number of phenols is 1. The second-order valence-electron chi connectivity index (χ2n) is 4.01. The SMILES string of the molecule is COC(=O)Oc1ccc(Cc2ccccc2)c(O)c1. The summed E-state index contributed by atoms with van der Waals surface area (Å²) >= 11 is 0. The number of aromatic hydroxyl groups is 1. The molecule has 0 bridgehead atoms. The maximum atomic E-state index is 10.9. The number of rotatable bonds is 3. The molecule has 0 aliphatic carbocycles. The number of carbonyl (C=O) groups excluding carboxylic acids is 1. The zero-order valence-electron chi connectivity index (χ0n) is 10.5. The number of ether oxygens (including phenoxy) is 2. The Balaban J connectivity index is 2.13. The predicted molar refractivity (Wildman–Crippen MR) is 70.4 cm³/mol. The third-order valence-corrected chi connectivity index (χ3v) is 2.66. The standard InChI is InChI=1S/C15H14O4/c1-18-15(17)19-13-8-7-12(14(16)10-13)9-11-5-3-2-4-6-11/h2-8,10,16H,9H2,1H3. The Kier molecular flexibility index (Phi) is 4.03. The van der Waals surface area contributed by atoms with Gasteiger partial charge in [0.2, 0.25) is 0 Å². The van der Waals surface area contributed by atoms with Gasteiger partial charge in [0.25, 0.3) is 0 Å². The van der Waals surface area contributed by atoms with Crippen LogP contribution in [0.5, 0.6) is 11.5 Å². The van der Waals surface area contributed by atoms with Crippen LogP contribution in [0, 0.1) is 0 Å². The number of hydrogen-bond donors (Lipinski definition) is 1. The van der Waals surface area contributed by atoms with Gasteiger partial charge in [0.05, 0.1) is 7.11 Å². The average molecular weight is 258 g/mol. The molecule has 2 rings (SSSR count). The van der Waals surface area contributed by atoms with Crippen molar-refractivity contribution in [1.82, 2.24) is 0 Å². The van der Waals surface area contributed by atoms with E-state index in [1.807, 2.05) is 30.3 Å². The molecule has 0 spiro atoms. The summed E-state index contributed by atoms with van der Waals surface area (Å²) in [4.78, 5) is 10.9. The van der Waals surface area contributed by atoms with Crippen LogP contribution in [0.4, 0.5) is 4.79 Å². The largest absolute Gasteiger partial charge is 0.513 e. The first-order valence-corrected chi connectivity index (χ1v) is 5.80. The minimum atomic E-state index is -0.810. The molecule has 0 heterocycles. The minimum absolute atomic E-state index is 0.0882. The van der Waals surface area contributed by atoms with Crippen molar-refractivity contribution in [2.75, 3.05) is 7.11 Å². The highest BCUT2D eigenvalue weighted by molar-refractivity contribution is 5.64. The van der Waals surface area contributed by atoms with E-state index in [9.17, 15) is 9.90 Å². The molecule has 0 unspecified atom stereocenters. The van der Waals surface area contributed by atoms with Crippen molar-refractivity contribution in [3.63, 3.8) is 0 Å². The summed E-state index contributed by atoms with van der Waals surface area (Å²) in [5, 5.41) is 9.91. The van der Waals surface area contributed by atoms with Gasteiger partial charge in [-0.1, -0.05) is 36.4 Å². The summed E-state index contributed by atoms with van der Waals surface area (Å²) in [5.41, 5.74) is 1.86. The van der Waals surface area contributed by atoms with Gasteiger partial charge < -0.3 is 14.6 Å². The summed E-state index contributed by atoms with van der Waals surface area (Å²) in [5.74, 6) is 0.339. The summed E-state index contributed by atoms with van der Waals surface area (Å²) in [7, 11) is 1.23. The van der Waals surface area contributed by atoms with Gasteiger partial charge in [-0.05, 0) is 17.2 Å². The number of carbonyl (C=O) groups is 1. The van der Waals surface area contributed by atoms with E-state index in [4.69, 9.17) is 4.74 Å². The molecule has 2 aromatic carbocycles. The lowest BCUT2D eigenvalue weighted by Gasteiger charge is -2.07. The zero-order valence-corrected chi connectivity index (χ0v) is 10.5. The van der Waals surface area contributed by atoms with Crippen molar-refractivity contribution < 1.29 is 19.4 Å². The molecule has 0 saturated heterocycles. The molecular formula is C15H14O4. The minimum Gasteiger partial charge on any atom is -0.508 e. The summed E-state index contributed by atoms with van der Waals surface area (Å²) in [6, 6.07) is 14.5. The topological polar surface area (TPSA) is 55.8 Å². The van der Waals surface area contributed by atoms with Crippen LogP contribution in [0.1, 0.15) is 11.1 Å². The molecule has 98 valence electrons. The van der Waals surface area contributed by atoms with E-state index in [0.717, 1.165) is 11.1 Å². The Bertz CT molecular complexity index is 564. The number of benzene rings is 2. The highest BCUT2D eigenvalue weighted by atomic mass is 16.7. The highest BCUT2D eigenvalue weighted by Gasteiger charge is 2.08. The third-order valence-electron chi connectivity index (χ3n) is 2.66. The smallest absolute Gasteiger partial charge is 0.508 e. The molecule has 0 radical (unpaired) electrons. The van der Waals surface area contributed by atoms with Gasteiger partial charge in [-0.25, -0.2) is 4.79 Å². The zero-order chi connectivity index (χ0) is 13.7. The van der Waals surface area contributed by atoms with Gasteiger partial charge in [0.1, 0.15) is 11.5 Å². The second-order valence-corrected chi connectivity index (χ2v) is 4.01. The normalized spacial score (nSPS) is 9.95. The maximum Gasteiger partial charge on any atom is 0.513 e. The van der Waals surface area contributed by atoms with Crippen molar-refractivity contribution in [3.8, 4) is 11.5 Å². The Labute approximate surface area is 111 Å². The van der Waals surface area contributed by atoms with E-state index in [-0.39, 0.29) is 11.5 Å². The van der Waals surface area contributed by atoms with E-state index in [1.54, 1.807) is 12.1 Å². The quantitative estimate of drug-likeness (QED) is 0.678. The van der Waals surface area contributed by atoms with Crippen molar-refractivity contribution in [1.29, 1.82) is 0 Å². The van der Waals surface area contributed by atoms with Gasteiger partial charge in [-0.3, -0.25) is 0 Å². The van der Waals surface area contributed by atoms with Gasteiger partial charge in [0, 0.05) is 12.5 Å². The van der Waals surface area contributed by atoms with Gasteiger partial charge in [0.15, 0.2) is 0 Å². The molecule has 4 heteroatoms. The number of phenolic OH excluding ortho intramolecular Hbond substituents is 1. The molecule has 0 amide bonds. The molecular weight excluding hydrogens is 244 g/mol. The number of hydrogen-bond acceptors (Lipinski definition) is 4. The van der Waals surface area contributed by atoms with Crippen molar-refractivity contribution in [3.05, 3.63) is 59.7 Å². The van der Waals surface area contributed by atoms with E-state index >= 15 is 0 Å². The van der Waals surface area contributed by atoms with Crippen LogP contribution in [0.25, 0.3) is 0 Å². The van der Waals surface area contributed by atoms with Crippen molar-refractivity contribution >= 4 is 6.16 Å². The lowest BCUT2D eigenvalue weighted by Crippen LogP contribution is -2.07. The summed E-state index contributed by atoms with van der Waals surface area (Å²) in [6.45, 7) is 0. The lowest BCUT2D eigenvalue weighted by atomic mass is 10.0. The van der Waals surface area contributed by atoms with Crippen LogP contribution in [0.3, 0.4) is 0 Å². The lowest BCUT2D eigenvalue weighted by molar-refractivity contribution is 0.121. The van der Waals surface area contributed by atoms with E-state index in [1.165, 1.54) is 13.2 Å². The summed E-state index contributed by atoms with van der Waals surface area (Å²) < 4.78 is 9.21. The third kappa shape index (κ3) is 3.48. The predicted octanol–water partition coefficient (Wildman–Crippen LogP) is 3.13. The Morgan fingerprint density at radius 1 is 1.16 bits per heavy atom. The van der Waals surface area contributed by atoms with Gasteiger partial charge in [-0.2, -0.15) is 0 Å². The van der Waals surface area contributed by atoms with Crippen LogP contribution in [-0.2, 0) is 11.2 Å². The fraction of sp³-hybridized carbons (Fsp3) is 0.133.